The summed E-state index contributed by atoms with van der Waals surface area (Å²) in [6, 6.07) is 0. The van der Waals surface area contributed by atoms with Gasteiger partial charge in [0, 0.05) is 6.61 Å². The lowest BCUT2D eigenvalue weighted by atomic mass is 9.95. The molecule has 2 nitrogen and oxygen atoms in total. The molecule has 1 rings (SSSR count). The van der Waals surface area contributed by atoms with Gasteiger partial charge in [0.1, 0.15) is 6.10 Å². The van der Waals surface area contributed by atoms with Gasteiger partial charge >= 0.3 is 0 Å². The molecule has 0 bridgehead atoms. The number of epoxide rings is 1. The SMILES string of the molecule is CCCCCCCCCCCCC(CCCC)COCC1CO1. The molecule has 2 unspecified atom stereocenters. The average Bonchev–Trinajstić information content (AvgIpc) is 3.38. The van der Waals surface area contributed by atoms with Gasteiger partial charge < -0.3 is 9.47 Å². The Balaban J connectivity index is 1.89. The van der Waals surface area contributed by atoms with Gasteiger partial charge in [0.05, 0.1) is 13.2 Å². The molecule has 2 atom stereocenters. The van der Waals surface area contributed by atoms with Gasteiger partial charge in [-0.15, -0.1) is 0 Å². The summed E-state index contributed by atoms with van der Waals surface area (Å²) in [5, 5.41) is 0. The molecule has 1 aliphatic heterocycles. The fraction of sp³-hybridized carbons (Fsp3) is 1.00. The number of rotatable bonds is 18. The van der Waals surface area contributed by atoms with E-state index in [2.05, 4.69) is 13.8 Å². The second kappa shape index (κ2) is 15.4. The van der Waals surface area contributed by atoms with Crippen LogP contribution in [0.5, 0.6) is 0 Å². The molecule has 1 saturated heterocycles. The highest BCUT2D eigenvalue weighted by Crippen LogP contribution is 2.19. The predicted octanol–water partition coefficient (Wildman–Crippen LogP) is 6.52. The Morgan fingerprint density at radius 2 is 1.30 bits per heavy atom. The van der Waals surface area contributed by atoms with Crippen LogP contribution in [0.4, 0.5) is 0 Å². The van der Waals surface area contributed by atoms with E-state index in [-0.39, 0.29) is 0 Å². The molecule has 0 radical (unpaired) electrons. The second-order valence-electron chi connectivity index (χ2n) is 7.47. The third-order valence-electron chi connectivity index (χ3n) is 4.99. The molecule has 0 amide bonds. The van der Waals surface area contributed by atoms with Crippen LogP contribution in [0, 0.1) is 5.92 Å². The zero-order valence-corrected chi connectivity index (χ0v) is 16.0. The van der Waals surface area contributed by atoms with Crippen molar-refractivity contribution >= 4 is 0 Å². The summed E-state index contributed by atoms with van der Waals surface area (Å²) in [5.41, 5.74) is 0. The van der Waals surface area contributed by atoms with Crippen LogP contribution in [0.3, 0.4) is 0 Å². The van der Waals surface area contributed by atoms with E-state index in [4.69, 9.17) is 9.47 Å². The average molecular weight is 327 g/mol. The molecule has 0 spiro atoms. The molecule has 0 N–H and O–H groups in total. The summed E-state index contributed by atoms with van der Waals surface area (Å²) in [7, 11) is 0. The van der Waals surface area contributed by atoms with Crippen LogP contribution < -0.4 is 0 Å². The molecule has 0 aliphatic carbocycles. The van der Waals surface area contributed by atoms with Crippen LogP contribution in [0.1, 0.15) is 104 Å². The Morgan fingerprint density at radius 1 is 0.783 bits per heavy atom. The molecule has 138 valence electrons. The third-order valence-corrected chi connectivity index (χ3v) is 4.99. The maximum Gasteiger partial charge on any atom is 0.104 e. The summed E-state index contributed by atoms with van der Waals surface area (Å²) >= 11 is 0. The van der Waals surface area contributed by atoms with Gasteiger partial charge in [-0.25, -0.2) is 0 Å². The molecule has 0 aromatic rings. The lowest BCUT2D eigenvalue weighted by Crippen LogP contribution is -2.13. The molecular formula is C21H42O2. The summed E-state index contributed by atoms with van der Waals surface area (Å²) in [5.74, 6) is 0.780. The van der Waals surface area contributed by atoms with Crippen LogP contribution >= 0.6 is 0 Å². The van der Waals surface area contributed by atoms with E-state index in [0.717, 1.165) is 25.7 Å². The van der Waals surface area contributed by atoms with Gasteiger partial charge in [-0.3, -0.25) is 0 Å². The predicted molar refractivity (Wildman–Crippen MR) is 100 cm³/mol. The van der Waals surface area contributed by atoms with E-state index in [1.807, 2.05) is 0 Å². The van der Waals surface area contributed by atoms with Crippen molar-refractivity contribution in [2.75, 3.05) is 19.8 Å². The van der Waals surface area contributed by atoms with Crippen molar-refractivity contribution in [2.45, 2.75) is 110 Å². The molecule has 1 heterocycles. The molecule has 23 heavy (non-hydrogen) atoms. The number of unbranched alkanes of at least 4 members (excludes halogenated alkanes) is 10. The van der Waals surface area contributed by atoms with Crippen LogP contribution in [0.15, 0.2) is 0 Å². The second-order valence-corrected chi connectivity index (χ2v) is 7.47. The molecule has 2 heteroatoms. The van der Waals surface area contributed by atoms with E-state index in [9.17, 15) is 0 Å². The van der Waals surface area contributed by atoms with Gasteiger partial charge in [0.25, 0.3) is 0 Å². The lowest BCUT2D eigenvalue weighted by Gasteiger charge is -2.16. The third kappa shape index (κ3) is 14.0. The molecule has 0 aromatic heterocycles. The van der Waals surface area contributed by atoms with Gasteiger partial charge in [0.2, 0.25) is 0 Å². The highest BCUT2D eigenvalue weighted by atomic mass is 16.6. The van der Waals surface area contributed by atoms with E-state index >= 15 is 0 Å². The normalized spacial score (nSPS) is 18.3. The summed E-state index contributed by atoms with van der Waals surface area (Å²) in [6.45, 7) is 7.27. The highest BCUT2D eigenvalue weighted by Gasteiger charge is 2.22. The van der Waals surface area contributed by atoms with Crippen LogP contribution in [0.25, 0.3) is 0 Å². The van der Waals surface area contributed by atoms with E-state index < -0.39 is 0 Å². The maximum atomic E-state index is 5.83. The Morgan fingerprint density at radius 3 is 1.87 bits per heavy atom. The van der Waals surface area contributed by atoms with Gasteiger partial charge in [0.15, 0.2) is 0 Å². The highest BCUT2D eigenvalue weighted by molar-refractivity contribution is 4.68. The minimum Gasteiger partial charge on any atom is -0.378 e. The van der Waals surface area contributed by atoms with Crippen molar-refractivity contribution in [3.63, 3.8) is 0 Å². The molecule has 1 aliphatic rings. The first-order valence-electron chi connectivity index (χ1n) is 10.6. The van der Waals surface area contributed by atoms with Crippen LogP contribution in [-0.2, 0) is 9.47 Å². The molecule has 0 saturated carbocycles. The first kappa shape index (κ1) is 21.0. The van der Waals surface area contributed by atoms with Gasteiger partial charge in [-0.05, 0) is 18.8 Å². The fourth-order valence-corrected chi connectivity index (χ4v) is 3.25. The van der Waals surface area contributed by atoms with Crippen molar-refractivity contribution in [1.82, 2.24) is 0 Å². The Hall–Kier alpha value is -0.0800. The monoisotopic (exact) mass is 326 g/mol. The summed E-state index contributed by atoms with van der Waals surface area (Å²) in [6.07, 6.45) is 20.1. The Kier molecular flexibility index (Phi) is 14.1. The largest absolute Gasteiger partial charge is 0.378 e. The van der Waals surface area contributed by atoms with Gasteiger partial charge in [-0.1, -0.05) is 90.9 Å². The van der Waals surface area contributed by atoms with Crippen molar-refractivity contribution in [3.8, 4) is 0 Å². The van der Waals surface area contributed by atoms with Crippen LogP contribution in [0.2, 0.25) is 0 Å². The van der Waals surface area contributed by atoms with Crippen molar-refractivity contribution < 1.29 is 9.47 Å². The first-order chi connectivity index (χ1) is 11.4. The fourth-order valence-electron chi connectivity index (χ4n) is 3.25. The maximum absolute atomic E-state index is 5.83. The van der Waals surface area contributed by atoms with Crippen molar-refractivity contribution in [2.24, 2.45) is 5.92 Å². The molecule has 1 fully saturated rings. The standard InChI is InChI=1S/C21H42O2/c1-3-5-7-8-9-10-11-12-13-14-16-20(15-6-4-2)17-22-18-21-19-23-21/h20-21H,3-19H2,1-2H3. The smallest absolute Gasteiger partial charge is 0.104 e. The Bertz CT molecular complexity index is 238. The number of hydrogen-bond acceptors (Lipinski definition) is 2. The summed E-state index contributed by atoms with van der Waals surface area (Å²) in [4.78, 5) is 0. The minimum atomic E-state index is 0.416. The van der Waals surface area contributed by atoms with E-state index in [1.165, 1.54) is 89.9 Å². The van der Waals surface area contributed by atoms with Gasteiger partial charge in [-0.2, -0.15) is 0 Å². The summed E-state index contributed by atoms with van der Waals surface area (Å²) < 4.78 is 11.0. The van der Waals surface area contributed by atoms with Crippen LogP contribution in [-0.4, -0.2) is 25.9 Å². The Labute approximate surface area is 145 Å². The van der Waals surface area contributed by atoms with E-state index in [1.54, 1.807) is 0 Å². The number of ether oxygens (including phenoxy) is 2. The first-order valence-corrected chi connectivity index (χ1v) is 10.6. The van der Waals surface area contributed by atoms with Crippen molar-refractivity contribution in [3.05, 3.63) is 0 Å². The molecule has 0 aromatic carbocycles. The minimum absolute atomic E-state index is 0.416. The van der Waals surface area contributed by atoms with E-state index in [0.29, 0.717) is 6.10 Å². The molecular weight excluding hydrogens is 284 g/mol. The quantitative estimate of drug-likeness (QED) is 0.211. The zero-order valence-electron chi connectivity index (χ0n) is 16.0. The zero-order chi connectivity index (χ0) is 16.6. The lowest BCUT2D eigenvalue weighted by molar-refractivity contribution is 0.0789. The topological polar surface area (TPSA) is 21.8 Å². The number of hydrogen-bond donors (Lipinski definition) is 0. The van der Waals surface area contributed by atoms with Crippen molar-refractivity contribution in [1.29, 1.82) is 0 Å².